The largest absolute Gasteiger partial charge is 0.300 e. The lowest BCUT2D eigenvalue weighted by atomic mass is 9.82. The van der Waals surface area contributed by atoms with Crippen LogP contribution in [-0.2, 0) is 0 Å². The number of hydrazine groups is 2. The van der Waals surface area contributed by atoms with Crippen LogP contribution in [0.4, 0.5) is 0 Å². The number of nitrogens with zero attached hydrogens (tertiary/aromatic N) is 6. The Hall–Kier alpha value is -2.87. The molecule has 128 valence electrons. The molecule has 2 aliphatic rings. The first kappa shape index (κ1) is 14.5. The Bertz CT molecular complexity index is 962. The highest BCUT2D eigenvalue weighted by atomic mass is 15.7. The molecular formula is C17H20N8. The van der Waals surface area contributed by atoms with E-state index in [2.05, 4.69) is 39.0 Å². The number of hydrogen-bond donors (Lipinski definition) is 2. The van der Waals surface area contributed by atoms with E-state index in [1.807, 2.05) is 41.2 Å². The van der Waals surface area contributed by atoms with Crippen LogP contribution in [-0.4, -0.2) is 36.4 Å². The molecular weight excluding hydrogens is 316 g/mol. The zero-order chi connectivity index (χ0) is 17.0. The van der Waals surface area contributed by atoms with E-state index in [1.54, 1.807) is 6.20 Å². The summed E-state index contributed by atoms with van der Waals surface area (Å²) >= 11 is 0. The number of nitrogens with one attached hydrogen (secondary N) is 2. The zero-order valence-corrected chi connectivity index (χ0v) is 14.2. The Kier molecular flexibility index (Phi) is 3.08. The van der Waals surface area contributed by atoms with Crippen molar-refractivity contribution in [3.63, 3.8) is 0 Å². The summed E-state index contributed by atoms with van der Waals surface area (Å²) in [4.78, 5) is 4.88. The van der Waals surface area contributed by atoms with Gasteiger partial charge in [-0.3, -0.25) is 9.69 Å². The van der Waals surface area contributed by atoms with Gasteiger partial charge in [-0.25, -0.2) is 9.50 Å². The molecule has 3 aromatic rings. The van der Waals surface area contributed by atoms with Crippen molar-refractivity contribution in [2.45, 2.75) is 25.8 Å². The van der Waals surface area contributed by atoms with Gasteiger partial charge in [0.25, 0.3) is 0 Å². The van der Waals surface area contributed by atoms with Crippen molar-refractivity contribution < 1.29 is 0 Å². The summed E-state index contributed by atoms with van der Waals surface area (Å²) < 4.78 is 3.94. The lowest BCUT2D eigenvalue weighted by Crippen LogP contribution is -2.33. The van der Waals surface area contributed by atoms with Crippen LogP contribution >= 0.6 is 0 Å². The first-order chi connectivity index (χ1) is 12.2. The molecule has 3 aromatic heterocycles. The van der Waals surface area contributed by atoms with Gasteiger partial charge in [-0.1, -0.05) is 6.92 Å². The van der Waals surface area contributed by atoms with Crippen molar-refractivity contribution in [3.8, 4) is 11.3 Å². The molecule has 0 saturated heterocycles. The predicted octanol–water partition coefficient (Wildman–Crippen LogP) is 1.82. The van der Waals surface area contributed by atoms with Gasteiger partial charge in [0.15, 0.2) is 0 Å². The number of rotatable bonds is 3. The molecule has 0 bridgehead atoms. The van der Waals surface area contributed by atoms with Crippen LogP contribution < -0.4 is 11.0 Å². The number of hydrogen-bond acceptors (Lipinski definition) is 6. The Morgan fingerprint density at radius 2 is 2.08 bits per heavy atom. The van der Waals surface area contributed by atoms with Crippen molar-refractivity contribution in [1.82, 2.24) is 40.3 Å². The number of aromatic nitrogens is 5. The fraction of sp³-hybridized carbons (Fsp3) is 0.353. The average molecular weight is 336 g/mol. The molecule has 0 unspecified atom stereocenters. The van der Waals surface area contributed by atoms with Crippen LogP contribution in [0.1, 0.15) is 31.5 Å². The average Bonchev–Trinajstić information content (AvgIpc) is 3.30. The molecule has 1 fully saturated rings. The van der Waals surface area contributed by atoms with Crippen LogP contribution in [0.25, 0.3) is 22.5 Å². The molecule has 25 heavy (non-hydrogen) atoms. The molecule has 0 amide bonds. The molecule has 1 aliphatic carbocycles. The maximum atomic E-state index is 4.88. The third-order valence-corrected chi connectivity index (χ3v) is 4.95. The van der Waals surface area contributed by atoms with Gasteiger partial charge < -0.3 is 5.43 Å². The molecule has 8 heteroatoms. The first-order valence-corrected chi connectivity index (χ1v) is 8.53. The van der Waals surface area contributed by atoms with Crippen molar-refractivity contribution in [3.05, 3.63) is 42.7 Å². The molecule has 2 N–H and O–H groups in total. The van der Waals surface area contributed by atoms with E-state index in [0.29, 0.717) is 6.04 Å². The van der Waals surface area contributed by atoms with Gasteiger partial charge in [0, 0.05) is 25.0 Å². The fourth-order valence-corrected chi connectivity index (χ4v) is 3.54. The minimum absolute atomic E-state index is 0.518. The van der Waals surface area contributed by atoms with Crippen LogP contribution in [0.3, 0.4) is 0 Å². The van der Waals surface area contributed by atoms with Gasteiger partial charge in [0.1, 0.15) is 5.69 Å². The molecule has 0 spiro atoms. The summed E-state index contributed by atoms with van der Waals surface area (Å²) in [5, 5.41) is 10.8. The van der Waals surface area contributed by atoms with Gasteiger partial charge in [-0.15, -0.1) is 5.53 Å². The lowest BCUT2D eigenvalue weighted by Gasteiger charge is -2.32. The minimum Gasteiger partial charge on any atom is -0.300 e. The first-order valence-electron chi connectivity index (χ1n) is 8.53. The van der Waals surface area contributed by atoms with Gasteiger partial charge in [-0.2, -0.15) is 10.2 Å². The van der Waals surface area contributed by atoms with Crippen LogP contribution in [0.15, 0.2) is 37.1 Å². The second-order valence-electron chi connectivity index (χ2n) is 6.97. The summed E-state index contributed by atoms with van der Waals surface area (Å²) in [6, 6.07) is 2.50. The highest BCUT2D eigenvalue weighted by molar-refractivity contribution is 5.77. The van der Waals surface area contributed by atoms with Crippen molar-refractivity contribution in [1.29, 1.82) is 0 Å². The summed E-state index contributed by atoms with van der Waals surface area (Å²) in [6.07, 6.45) is 12.1. The smallest absolute Gasteiger partial charge is 0.108 e. The molecule has 0 atom stereocenters. The quantitative estimate of drug-likeness (QED) is 0.760. The van der Waals surface area contributed by atoms with Crippen molar-refractivity contribution >= 4 is 11.2 Å². The molecule has 4 heterocycles. The fourth-order valence-electron chi connectivity index (χ4n) is 3.54. The van der Waals surface area contributed by atoms with E-state index in [0.717, 1.165) is 34.1 Å². The molecule has 0 radical (unpaired) electrons. The molecule has 1 aliphatic heterocycles. The second-order valence-corrected chi connectivity index (χ2v) is 6.97. The third-order valence-electron chi connectivity index (χ3n) is 4.95. The minimum atomic E-state index is 0.518. The Morgan fingerprint density at radius 1 is 1.20 bits per heavy atom. The van der Waals surface area contributed by atoms with E-state index in [4.69, 9.17) is 4.98 Å². The molecule has 8 nitrogen and oxygen atoms in total. The van der Waals surface area contributed by atoms with Crippen molar-refractivity contribution in [2.75, 3.05) is 7.05 Å². The second kappa shape index (κ2) is 5.32. The Balaban J connectivity index is 1.58. The van der Waals surface area contributed by atoms with Crippen molar-refractivity contribution in [2.24, 2.45) is 5.92 Å². The number of fused-ring (bicyclic) bond motifs is 1. The highest BCUT2D eigenvalue weighted by Crippen LogP contribution is 2.37. The maximum Gasteiger partial charge on any atom is 0.108 e. The topological polar surface area (TPSA) is 75.3 Å². The van der Waals surface area contributed by atoms with Gasteiger partial charge >= 0.3 is 0 Å². The normalized spacial score (nSPS) is 22.8. The molecule has 5 rings (SSSR count). The van der Waals surface area contributed by atoms with Gasteiger partial charge in [-0.05, 0) is 24.8 Å². The summed E-state index contributed by atoms with van der Waals surface area (Å²) in [5.74, 6) is 0.797. The van der Waals surface area contributed by atoms with Crippen LogP contribution in [0, 0.1) is 5.92 Å². The van der Waals surface area contributed by atoms with Crippen LogP contribution in [0.5, 0.6) is 0 Å². The predicted molar refractivity (Wildman–Crippen MR) is 93.7 cm³/mol. The lowest BCUT2D eigenvalue weighted by molar-refractivity contribution is 0.200. The van der Waals surface area contributed by atoms with E-state index in [9.17, 15) is 0 Å². The van der Waals surface area contributed by atoms with E-state index >= 15 is 0 Å². The van der Waals surface area contributed by atoms with Gasteiger partial charge in [0.05, 0.1) is 41.5 Å². The highest BCUT2D eigenvalue weighted by Gasteiger charge is 2.27. The van der Waals surface area contributed by atoms with Crippen LogP contribution in [0.2, 0.25) is 0 Å². The van der Waals surface area contributed by atoms with E-state index in [-0.39, 0.29) is 0 Å². The Morgan fingerprint density at radius 3 is 2.84 bits per heavy atom. The summed E-state index contributed by atoms with van der Waals surface area (Å²) in [6.45, 7) is 2.29. The molecule has 1 saturated carbocycles. The summed E-state index contributed by atoms with van der Waals surface area (Å²) in [5.41, 5.74) is 10.8. The zero-order valence-electron chi connectivity index (χ0n) is 14.2. The van der Waals surface area contributed by atoms with E-state index < -0.39 is 0 Å². The monoisotopic (exact) mass is 336 g/mol. The van der Waals surface area contributed by atoms with Gasteiger partial charge in [0.2, 0.25) is 0 Å². The maximum absolute atomic E-state index is 4.88. The van der Waals surface area contributed by atoms with E-state index in [1.165, 1.54) is 12.8 Å². The third kappa shape index (κ3) is 2.37. The SMILES string of the molecule is CC1CC(n2cc(-c3nc(C4=CN(C)NN4)cn4nccc34)cn2)C1. The molecule has 0 aromatic carbocycles. The standard InChI is InChI=1S/C17H20N8/c1-11-5-13(6-11)24-8-12(7-19-24)17-16-3-4-18-25(16)10-14(20-17)15-9-23(2)22-21-15/h3-4,7-11,13,21-22H,5-6H2,1-2H3. The summed E-state index contributed by atoms with van der Waals surface area (Å²) in [7, 11) is 1.93. The Labute approximate surface area is 145 Å².